The quantitative estimate of drug-likeness (QED) is 0.689. The summed E-state index contributed by atoms with van der Waals surface area (Å²) in [6.45, 7) is 3.75. The minimum Gasteiger partial charge on any atom is -0.491 e. The minimum atomic E-state index is -0.647. The number of rotatable bonds is 2. The van der Waals surface area contributed by atoms with E-state index in [0.29, 0.717) is 5.56 Å². The second-order valence-electron chi connectivity index (χ2n) is 3.17. The molecule has 0 amide bonds. The predicted octanol–water partition coefficient (Wildman–Crippen LogP) is 3.10. The molecule has 0 aliphatic rings. The highest BCUT2D eigenvalue weighted by Gasteiger charge is 2.12. The first-order chi connectivity index (χ1) is 6.06. The van der Waals surface area contributed by atoms with Gasteiger partial charge in [-0.05, 0) is 23.6 Å². The molecular weight excluding hydrogens is 174 g/mol. The molecule has 13 heavy (non-hydrogen) atoms. The largest absolute Gasteiger partial charge is 0.491 e. The zero-order chi connectivity index (χ0) is 10.0. The summed E-state index contributed by atoms with van der Waals surface area (Å²) in [4.78, 5) is 0. The van der Waals surface area contributed by atoms with E-state index in [1.165, 1.54) is 19.2 Å². The summed E-state index contributed by atoms with van der Waals surface area (Å²) in [6, 6.07) is 2.60. The van der Waals surface area contributed by atoms with Gasteiger partial charge in [-0.25, -0.2) is 8.78 Å². The predicted molar refractivity (Wildman–Crippen MR) is 47.0 cm³/mol. The van der Waals surface area contributed by atoms with Crippen LogP contribution < -0.4 is 4.74 Å². The zero-order valence-corrected chi connectivity index (χ0v) is 7.90. The molecule has 0 unspecified atom stereocenters. The molecule has 0 spiro atoms. The second-order valence-corrected chi connectivity index (χ2v) is 3.17. The van der Waals surface area contributed by atoms with Gasteiger partial charge in [0.25, 0.3) is 0 Å². The topological polar surface area (TPSA) is 9.23 Å². The van der Waals surface area contributed by atoms with Crippen molar-refractivity contribution in [2.24, 2.45) is 0 Å². The van der Waals surface area contributed by atoms with Crippen molar-refractivity contribution in [3.05, 3.63) is 29.3 Å². The van der Waals surface area contributed by atoms with Crippen LogP contribution in [-0.4, -0.2) is 7.11 Å². The van der Waals surface area contributed by atoms with Gasteiger partial charge in [-0.1, -0.05) is 13.8 Å². The Labute approximate surface area is 76.3 Å². The van der Waals surface area contributed by atoms with Crippen molar-refractivity contribution in [2.75, 3.05) is 7.11 Å². The zero-order valence-electron chi connectivity index (χ0n) is 7.90. The average molecular weight is 186 g/mol. The van der Waals surface area contributed by atoms with Gasteiger partial charge >= 0.3 is 0 Å². The molecule has 0 atom stereocenters. The summed E-state index contributed by atoms with van der Waals surface area (Å²) >= 11 is 0. The van der Waals surface area contributed by atoms with Crippen LogP contribution in [-0.2, 0) is 0 Å². The Morgan fingerprint density at radius 3 is 1.92 bits per heavy atom. The fourth-order valence-corrected chi connectivity index (χ4v) is 1.11. The molecule has 0 saturated carbocycles. The average Bonchev–Trinajstić information content (AvgIpc) is 2.03. The fraction of sp³-hybridized carbons (Fsp3) is 0.400. The van der Waals surface area contributed by atoms with Crippen LogP contribution in [0, 0.1) is 11.6 Å². The van der Waals surface area contributed by atoms with E-state index in [4.69, 9.17) is 0 Å². The molecule has 0 radical (unpaired) electrons. The number of hydrogen-bond donors (Lipinski definition) is 0. The van der Waals surface area contributed by atoms with Gasteiger partial charge in [0.2, 0.25) is 0 Å². The molecule has 0 N–H and O–H groups in total. The van der Waals surface area contributed by atoms with Crippen LogP contribution in [0.3, 0.4) is 0 Å². The van der Waals surface area contributed by atoms with Crippen molar-refractivity contribution in [1.29, 1.82) is 0 Å². The third-order valence-electron chi connectivity index (χ3n) is 1.89. The molecule has 0 bridgehead atoms. The lowest BCUT2D eigenvalue weighted by molar-refractivity contribution is 0.359. The second kappa shape index (κ2) is 3.73. The molecule has 0 aromatic heterocycles. The van der Waals surface area contributed by atoms with Crippen LogP contribution in [0.4, 0.5) is 8.78 Å². The Kier molecular flexibility index (Phi) is 2.86. The Morgan fingerprint density at radius 2 is 1.62 bits per heavy atom. The normalized spacial score (nSPS) is 10.6. The standard InChI is InChI=1S/C10H12F2O/c1-6(2)7-4-8(11)10(13-3)9(12)5-7/h4-6H,1-3H3. The fourth-order valence-electron chi connectivity index (χ4n) is 1.11. The van der Waals surface area contributed by atoms with Crippen LogP contribution in [0.25, 0.3) is 0 Å². The Hall–Kier alpha value is -1.12. The molecule has 1 nitrogen and oxygen atoms in total. The van der Waals surface area contributed by atoms with E-state index in [-0.39, 0.29) is 11.7 Å². The maximum absolute atomic E-state index is 13.1. The molecule has 1 aromatic rings. The summed E-state index contributed by atoms with van der Waals surface area (Å²) < 4.78 is 30.8. The van der Waals surface area contributed by atoms with E-state index in [1.54, 1.807) is 0 Å². The summed E-state index contributed by atoms with van der Waals surface area (Å²) in [5.41, 5.74) is 0.635. The monoisotopic (exact) mass is 186 g/mol. The minimum absolute atomic E-state index is 0.106. The molecular formula is C10H12F2O. The number of methoxy groups -OCH3 is 1. The molecule has 3 heteroatoms. The molecule has 0 aliphatic carbocycles. The smallest absolute Gasteiger partial charge is 0.190 e. The third-order valence-corrected chi connectivity index (χ3v) is 1.89. The van der Waals surface area contributed by atoms with Crippen molar-refractivity contribution in [3.63, 3.8) is 0 Å². The maximum Gasteiger partial charge on any atom is 0.190 e. The van der Waals surface area contributed by atoms with Crippen LogP contribution >= 0.6 is 0 Å². The van der Waals surface area contributed by atoms with Crippen LogP contribution in [0.15, 0.2) is 12.1 Å². The van der Waals surface area contributed by atoms with Gasteiger partial charge in [-0.15, -0.1) is 0 Å². The lowest BCUT2D eigenvalue weighted by Gasteiger charge is -2.08. The van der Waals surface area contributed by atoms with Crippen LogP contribution in [0.1, 0.15) is 25.3 Å². The molecule has 0 heterocycles. The van der Waals surface area contributed by atoms with E-state index >= 15 is 0 Å². The van der Waals surface area contributed by atoms with E-state index < -0.39 is 11.6 Å². The van der Waals surface area contributed by atoms with Gasteiger partial charge in [0, 0.05) is 0 Å². The van der Waals surface area contributed by atoms with Gasteiger partial charge in [0.1, 0.15) is 0 Å². The van der Waals surface area contributed by atoms with E-state index in [2.05, 4.69) is 4.74 Å². The SMILES string of the molecule is COc1c(F)cc(C(C)C)cc1F. The van der Waals surface area contributed by atoms with Crippen molar-refractivity contribution in [3.8, 4) is 5.75 Å². The highest BCUT2D eigenvalue weighted by Crippen LogP contribution is 2.26. The lowest BCUT2D eigenvalue weighted by Crippen LogP contribution is -1.96. The highest BCUT2D eigenvalue weighted by molar-refractivity contribution is 5.32. The van der Waals surface area contributed by atoms with Crippen molar-refractivity contribution < 1.29 is 13.5 Å². The summed E-state index contributed by atoms with van der Waals surface area (Å²) in [5.74, 6) is -1.50. The first-order valence-corrected chi connectivity index (χ1v) is 4.09. The summed E-state index contributed by atoms with van der Waals surface area (Å²) in [6.07, 6.45) is 0. The number of ether oxygens (including phenoxy) is 1. The first kappa shape index (κ1) is 9.96. The maximum atomic E-state index is 13.1. The van der Waals surface area contributed by atoms with E-state index in [1.807, 2.05) is 13.8 Å². The molecule has 0 aliphatic heterocycles. The number of halogens is 2. The summed E-state index contributed by atoms with van der Waals surface area (Å²) in [5, 5.41) is 0. The number of hydrogen-bond acceptors (Lipinski definition) is 1. The number of benzene rings is 1. The Balaban J connectivity index is 3.20. The third kappa shape index (κ3) is 1.97. The molecule has 1 rings (SSSR count). The first-order valence-electron chi connectivity index (χ1n) is 4.09. The van der Waals surface area contributed by atoms with Gasteiger partial charge in [0.15, 0.2) is 17.4 Å². The van der Waals surface area contributed by atoms with Crippen molar-refractivity contribution in [1.82, 2.24) is 0 Å². The van der Waals surface area contributed by atoms with Crippen LogP contribution in [0.5, 0.6) is 5.75 Å². The van der Waals surface area contributed by atoms with Gasteiger partial charge in [-0.3, -0.25) is 0 Å². The van der Waals surface area contributed by atoms with Gasteiger partial charge in [0.05, 0.1) is 7.11 Å². The van der Waals surface area contributed by atoms with Gasteiger partial charge in [-0.2, -0.15) is 0 Å². The Morgan fingerprint density at radius 1 is 1.15 bits per heavy atom. The highest BCUT2D eigenvalue weighted by atomic mass is 19.1. The molecule has 0 fully saturated rings. The molecule has 72 valence electrons. The van der Waals surface area contributed by atoms with Gasteiger partial charge < -0.3 is 4.74 Å². The van der Waals surface area contributed by atoms with Crippen molar-refractivity contribution in [2.45, 2.75) is 19.8 Å². The van der Waals surface area contributed by atoms with Crippen LogP contribution in [0.2, 0.25) is 0 Å². The molecule has 0 saturated heterocycles. The van der Waals surface area contributed by atoms with Crippen molar-refractivity contribution >= 4 is 0 Å². The lowest BCUT2D eigenvalue weighted by atomic mass is 10.0. The summed E-state index contributed by atoms with van der Waals surface area (Å²) in [7, 11) is 1.25. The van der Waals surface area contributed by atoms with E-state index in [9.17, 15) is 8.78 Å². The molecule has 1 aromatic carbocycles. The van der Waals surface area contributed by atoms with E-state index in [0.717, 1.165) is 0 Å². The Bertz CT molecular complexity index is 285.